The molecular formula is C39H46N4. The van der Waals surface area contributed by atoms with E-state index in [-0.39, 0.29) is 0 Å². The van der Waals surface area contributed by atoms with Gasteiger partial charge < -0.3 is 15.0 Å². The van der Waals surface area contributed by atoms with Gasteiger partial charge in [0, 0.05) is 22.1 Å². The number of aryl methyl sites for hydroxylation is 6. The fourth-order valence-corrected chi connectivity index (χ4v) is 7.65. The smallest absolute Gasteiger partial charge is 0.0769 e. The molecule has 0 amide bonds. The predicted octanol–water partition coefficient (Wildman–Crippen LogP) is 10.7. The molecular weight excluding hydrogens is 524 g/mol. The van der Waals surface area contributed by atoms with Gasteiger partial charge in [-0.3, -0.25) is 0 Å². The van der Waals surface area contributed by atoms with Gasteiger partial charge in [0.25, 0.3) is 0 Å². The lowest BCUT2D eigenvalue weighted by molar-refractivity contribution is 1.07. The molecule has 3 N–H and O–H groups in total. The summed E-state index contributed by atoms with van der Waals surface area (Å²) in [5.41, 5.74) is 22.7. The van der Waals surface area contributed by atoms with Gasteiger partial charge in [0.15, 0.2) is 0 Å². The summed E-state index contributed by atoms with van der Waals surface area (Å²) in [6.45, 7) is 18.2. The van der Waals surface area contributed by atoms with Crippen molar-refractivity contribution in [2.45, 2.75) is 93.9 Å². The monoisotopic (exact) mass is 570 g/mol. The Labute approximate surface area is 256 Å². The van der Waals surface area contributed by atoms with Crippen molar-refractivity contribution in [3.8, 4) is 11.1 Å². The van der Waals surface area contributed by atoms with Crippen LogP contribution in [-0.4, -0.2) is 19.9 Å². The number of benzene rings is 1. The van der Waals surface area contributed by atoms with E-state index >= 15 is 0 Å². The van der Waals surface area contributed by atoms with Crippen molar-refractivity contribution in [1.82, 2.24) is 19.9 Å². The van der Waals surface area contributed by atoms with Gasteiger partial charge in [-0.05, 0) is 115 Å². The SMILES string of the molecule is CCC1=C(C)c2nc1cc1[nH]c(c(CC)c1CC)c1[nH]c(cc3[nH]c(c(C)c3CC)c2-c2ccccc2)c(CC)c1CC. The lowest BCUT2D eigenvalue weighted by atomic mass is 9.96. The van der Waals surface area contributed by atoms with E-state index in [0.717, 1.165) is 49.9 Å². The lowest BCUT2D eigenvalue weighted by Gasteiger charge is -2.08. The second kappa shape index (κ2) is 11.6. The third-order valence-electron chi connectivity index (χ3n) is 9.75. The first kappa shape index (κ1) is 29.0. The topological polar surface area (TPSA) is 60.3 Å². The highest BCUT2D eigenvalue weighted by Gasteiger charge is 2.23. The summed E-state index contributed by atoms with van der Waals surface area (Å²) < 4.78 is 0. The lowest BCUT2D eigenvalue weighted by Crippen LogP contribution is -1.89. The van der Waals surface area contributed by atoms with Gasteiger partial charge in [0.2, 0.25) is 0 Å². The van der Waals surface area contributed by atoms with E-state index in [0.29, 0.717) is 0 Å². The Morgan fingerprint density at radius 3 is 1.60 bits per heavy atom. The Morgan fingerprint density at radius 2 is 1.07 bits per heavy atom. The molecule has 4 nitrogen and oxygen atoms in total. The van der Waals surface area contributed by atoms with E-state index in [9.17, 15) is 0 Å². The van der Waals surface area contributed by atoms with Crippen LogP contribution < -0.4 is 0 Å². The van der Waals surface area contributed by atoms with Crippen molar-refractivity contribution in [3.05, 3.63) is 87.2 Å². The van der Waals surface area contributed by atoms with Gasteiger partial charge in [-0.25, -0.2) is 4.98 Å². The Kier molecular flexibility index (Phi) is 7.81. The standard InChI is InChI=1S/C39H46N4/c1-9-25-22(7)36-35(24-18-16-15-17-19-24)37-23(8)26(10-2)32(41-37)21-34-28(12-4)30(14-6)39(43-34)38-29(13-5)27(11-3)33(42-38)20-31(25)40-36/h15-21,40,42-43H,9-14H2,1-8H3. The minimum absolute atomic E-state index is 0.936. The normalized spacial score (nSPS) is 12.7. The molecule has 0 saturated heterocycles. The van der Waals surface area contributed by atoms with Crippen molar-refractivity contribution in [3.63, 3.8) is 0 Å². The van der Waals surface area contributed by atoms with Crippen molar-refractivity contribution in [2.24, 2.45) is 0 Å². The van der Waals surface area contributed by atoms with Gasteiger partial charge in [0.05, 0.1) is 27.9 Å². The second-order valence-electron chi connectivity index (χ2n) is 11.9. The molecule has 1 aliphatic heterocycles. The van der Waals surface area contributed by atoms with Crippen molar-refractivity contribution < 1.29 is 0 Å². The molecule has 5 heterocycles. The molecule has 0 spiro atoms. The average molecular weight is 571 g/mol. The molecule has 6 rings (SSSR count). The molecule has 222 valence electrons. The number of nitrogens with one attached hydrogen (secondary N) is 3. The summed E-state index contributed by atoms with van der Waals surface area (Å²) in [6, 6.07) is 15.5. The number of H-pyrrole nitrogens is 3. The minimum Gasteiger partial charge on any atom is -0.354 e. The van der Waals surface area contributed by atoms with Crippen LogP contribution in [0.1, 0.15) is 99.7 Å². The van der Waals surface area contributed by atoms with E-state index < -0.39 is 0 Å². The van der Waals surface area contributed by atoms with Crippen LogP contribution in [0.5, 0.6) is 0 Å². The number of allylic oxidation sites excluding steroid dienone is 2. The van der Waals surface area contributed by atoms with Crippen LogP contribution in [0.3, 0.4) is 0 Å². The molecule has 0 unspecified atom stereocenters. The number of aromatic nitrogens is 4. The molecule has 0 fully saturated rings. The summed E-state index contributed by atoms with van der Waals surface area (Å²) >= 11 is 0. The molecule has 0 radical (unpaired) electrons. The Hall–Kier alpha value is -4.05. The van der Waals surface area contributed by atoms with Crippen LogP contribution in [0.2, 0.25) is 0 Å². The zero-order valence-electron chi connectivity index (χ0n) is 27.2. The number of nitrogens with zero attached hydrogens (tertiary/aromatic N) is 1. The van der Waals surface area contributed by atoms with Gasteiger partial charge >= 0.3 is 0 Å². The van der Waals surface area contributed by atoms with E-state index in [1.54, 1.807) is 0 Å². The first-order chi connectivity index (χ1) is 20.9. The van der Waals surface area contributed by atoms with Crippen LogP contribution in [0.15, 0.2) is 42.5 Å². The van der Waals surface area contributed by atoms with Gasteiger partial charge in [-0.2, -0.15) is 0 Å². The highest BCUT2D eigenvalue weighted by atomic mass is 14.8. The highest BCUT2D eigenvalue weighted by Crippen LogP contribution is 2.41. The van der Waals surface area contributed by atoms with E-state index in [4.69, 9.17) is 4.98 Å². The van der Waals surface area contributed by atoms with Crippen molar-refractivity contribution in [1.29, 1.82) is 0 Å². The highest BCUT2D eigenvalue weighted by molar-refractivity contribution is 6.01. The molecule has 5 aromatic rings. The zero-order chi connectivity index (χ0) is 30.4. The number of aromatic amines is 3. The fourth-order valence-electron chi connectivity index (χ4n) is 7.65. The molecule has 0 aliphatic carbocycles. The van der Waals surface area contributed by atoms with Crippen LogP contribution in [0.4, 0.5) is 0 Å². The first-order valence-electron chi connectivity index (χ1n) is 16.4. The maximum absolute atomic E-state index is 5.47. The van der Waals surface area contributed by atoms with E-state index in [1.807, 2.05) is 0 Å². The van der Waals surface area contributed by atoms with Crippen LogP contribution in [0, 0.1) is 6.92 Å². The van der Waals surface area contributed by atoms with Crippen molar-refractivity contribution >= 4 is 44.2 Å². The Balaban J connectivity index is 1.95. The largest absolute Gasteiger partial charge is 0.354 e. The second-order valence-corrected chi connectivity index (χ2v) is 11.9. The molecule has 4 heteroatoms. The number of fused-ring (bicyclic) bond motifs is 9. The number of hydrogen-bond acceptors (Lipinski definition) is 1. The third kappa shape index (κ3) is 4.54. The molecule has 43 heavy (non-hydrogen) atoms. The van der Waals surface area contributed by atoms with Crippen LogP contribution in [-0.2, 0) is 32.1 Å². The van der Waals surface area contributed by atoms with E-state index in [1.165, 1.54) is 88.8 Å². The fraction of sp³-hybridized carbons (Fsp3) is 0.359. The van der Waals surface area contributed by atoms with Crippen molar-refractivity contribution in [2.75, 3.05) is 0 Å². The Morgan fingerprint density at radius 1 is 0.558 bits per heavy atom. The number of rotatable bonds is 7. The minimum atomic E-state index is 0.936. The molecule has 4 aromatic heterocycles. The van der Waals surface area contributed by atoms with Crippen LogP contribution in [0.25, 0.3) is 55.4 Å². The average Bonchev–Trinajstić information content (AvgIpc) is 3.73. The summed E-state index contributed by atoms with van der Waals surface area (Å²) in [6.07, 6.45) is 5.82. The molecule has 0 saturated carbocycles. The summed E-state index contributed by atoms with van der Waals surface area (Å²) in [5, 5.41) is 0. The van der Waals surface area contributed by atoms with Gasteiger partial charge in [-0.1, -0.05) is 71.9 Å². The van der Waals surface area contributed by atoms with Crippen LogP contribution >= 0.6 is 0 Å². The molecule has 0 atom stereocenters. The third-order valence-corrected chi connectivity index (χ3v) is 9.75. The molecule has 1 aliphatic rings. The summed E-state index contributed by atoms with van der Waals surface area (Å²) in [5.74, 6) is 0. The maximum Gasteiger partial charge on any atom is 0.0769 e. The molecule has 1 aromatic carbocycles. The summed E-state index contributed by atoms with van der Waals surface area (Å²) in [4.78, 5) is 17.3. The van der Waals surface area contributed by atoms with Gasteiger partial charge in [0.1, 0.15) is 0 Å². The first-order valence-corrected chi connectivity index (χ1v) is 16.4. The molecule has 8 bridgehead atoms. The predicted molar refractivity (Wildman–Crippen MR) is 186 cm³/mol. The number of hydrogen-bond donors (Lipinski definition) is 3. The summed E-state index contributed by atoms with van der Waals surface area (Å²) in [7, 11) is 0. The quantitative estimate of drug-likeness (QED) is 0.179. The maximum atomic E-state index is 5.47. The Bertz CT molecular complexity index is 1990. The van der Waals surface area contributed by atoms with Gasteiger partial charge in [-0.15, -0.1) is 0 Å². The zero-order valence-corrected chi connectivity index (χ0v) is 27.2. The van der Waals surface area contributed by atoms with E-state index in [2.05, 4.69) is 113 Å².